The van der Waals surface area contributed by atoms with Crippen LogP contribution < -0.4 is 10.6 Å². The lowest BCUT2D eigenvalue weighted by Gasteiger charge is -2.07. The summed E-state index contributed by atoms with van der Waals surface area (Å²) in [4.78, 5) is 11.6. The predicted octanol–water partition coefficient (Wildman–Crippen LogP) is 0.586. The molecule has 1 amide bonds. The van der Waals surface area contributed by atoms with Crippen LogP contribution >= 0.6 is 0 Å². The van der Waals surface area contributed by atoms with Gasteiger partial charge in [0.25, 0.3) is 0 Å². The summed E-state index contributed by atoms with van der Waals surface area (Å²) in [6.07, 6.45) is 2.32. The second kappa shape index (κ2) is 6.53. The number of hydrogen-bond acceptors (Lipinski definition) is 4. The lowest BCUT2D eigenvalue weighted by Crippen LogP contribution is -2.31. The predicted molar refractivity (Wildman–Crippen MR) is 72.6 cm³/mol. The number of anilines is 1. The molecule has 0 fully saturated rings. The van der Waals surface area contributed by atoms with Crippen LogP contribution in [0.25, 0.3) is 0 Å². The Balaban J connectivity index is 1.66. The van der Waals surface area contributed by atoms with Crippen molar-refractivity contribution >= 4 is 11.6 Å². The smallest absolute Gasteiger partial charge is 0.239 e. The molecule has 1 aromatic heterocycles. The molecule has 0 unspecified atom stereocenters. The van der Waals surface area contributed by atoms with Crippen molar-refractivity contribution in [1.29, 1.82) is 0 Å². The number of rotatable bonds is 6. The summed E-state index contributed by atoms with van der Waals surface area (Å²) in [6, 6.07) is 9.63. The standard InChI is InChI=1S/C13H17N5O/c1-18-10-16-17-12(18)7-8-14-13(19)9-15-11-5-3-2-4-6-11/h2-6,10,15H,7-9H2,1H3,(H,14,19). The fraction of sp³-hybridized carbons (Fsp3) is 0.308. The minimum absolute atomic E-state index is 0.0361. The molecule has 1 heterocycles. The summed E-state index contributed by atoms with van der Waals surface area (Å²) < 4.78 is 1.84. The minimum Gasteiger partial charge on any atom is -0.376 e. The van der Waals surface area contributed by atoms with Crippen molar-refractivity contribution < 1.29 is 4.79 Å². The molecule has 0 atom stereocenters. The number of nitrogens with zero attached hydrogens (tertiary/aromatic N) is 3. The Labute approximate surface area is 111 Å². The minimum atomic E-state index is -0.0361. The van der Waals surface area contributed by atoms with E-state index in [-0.39, 0.29) is 12.5 Å². The maximum atomic E-state index is 11.6. The zero-order chi connectivity index (χ0) is 13.5. The molecule has 2 aromatic rings. The van der Waals surface area contributed by atoms with Gasteiger partial charge in [-0.3, -0.25) is 4.79 Å². The lowest BCUT2D eigenvalue weighted by atomic mass is 10.3. The molecular formula is C13H17N5O. The van der Waals surface area contributed by atoms with Gasteiger partial charge < -0.3 is 15.2 Å². The van der Waals surface area contributed by atoms with E-state index >= 15 is 0 Å². The largest absolute Gasteiger partial charge is 0.376 e. The quantitative estimate of drug-likeness (QED) is 0.796. The van der Waals surface area contributed by atoms with E-state index in [0.29, 0.717) is 13.0 Å². The molecule has 6 nitrogen and oxygen atoms in total. The third kappa shape index (κ3) is 4.09. The highest BCUT2D eigenvalue weighted by molar-refractivity contribution is 5.80. The molecule has 6 heteroatoms. The van der Waals surface area contributed by atoms with Crippen LogP contribution in [0.15, 0.2) is 36.7 Å². The van der Waals surface area contributed by atoms with Crippen molar-refractivity contribution in [3.63, 3.8) is 0 Å². The van der Waals surface area contributed by atoms with Gasteiger partial charge >= 0.3 is 0 Å². The molecule has 2 N–H and O–H groups in total. The third-order valence-electron chi connectivity index (χ3n) is 2.70. The summed E-state index contributed by atoms with van der Waals surface area (Å²) in [5.74, 6) is 0.822. The number of carbonyl (C=O) groups is 1. The number of nitrogens with one attached hydrogen (secondary N) is 2. The summed E-state index contributed by atoms with van der Waals surface area (Å²) >= 11 is 0. The Morgan fingerprint density at radius 2 is 2.11 bits per heavy atom. The fourth-order valence-electron chi connectivity index (χ4n) is 1.65. The van der Waals surface area contributed by atoms with Crippen molar-refractivity contribution in [2.24, 2.45) is 7.05 Å². The van der Waals surface area contributed by atoms with Crippen molar-refractivity contribution in [2.45, 2.75) is 6.42 Å². The van der Waals surface area contributed by atoms with E-state index < -0.39 is 0 Å². The van der Waals surface area contributed by atoms with Gasteiger partial charge in [0, 0.05) is 25.7 Å². The van der Waals surface area contributed by atoms with Gasteiger partial charge in [0.05, 0.1) is 6.54 Å². The molecule has 100 valence electrons. The first-order chi connectivity index (χ1) is 9.25. The Morgan fingerprint density at radius 1 is 1.32 bits per heavy atom. The molecule has 0 aliphatic carbocycles. The highest BCUT2D eigenvalue weighted by Gasteiger charge is 2.03. The van der Waals surface area contributed by atoms with Gasteiger partial charge in [0.2, 0.25) is 5.91 Å². The summed E-state index contributed by atoms with van der Waals surface area (Å²) in [5.41, 5.74) is 0.936. The first-order valence-corrected chi connectivity index (χ1v) is 6.14. The van der Waals surface area contributed by atoms with Crippen molar-refractivity contribution in [1.82, 2.24) is 20.1 Å². The number of aromatic nitrogens is 3. The van der Waals surface area contributed by atoms with Crippen LogP contribution in [0.1, 0.15) is 5.82 Å². The van der Waals surface area contributed by atoms with E-state index in [1.165, 1.54) is 0 Å². The molecule has 0 spiro atoms. The van der Waals surface area contributed by atoms with Crippen LogP contribution in [-0.4, -0.2) is 33.8 Å². The Morgan fingerprint density at radius 3 is 2.79 bits per heavy atom. The van der Waals surface area contributed by atoms with Gasteiger partial charge in [-0.05, 0) is 12.1 Å². The SMILES string of the molecule is Cn1cnnc1CCNC(=O)CNc1ccccc1. The van der Waals surface area contributed by atoms with Gasteiger partial charge in [0.1, 0.15) is 12.2 Å². The average Bonchev–Trinajstić information content (AvgIpc) is 2.83. The van der Waals surface area contributed by atoms with Gasteiger partial charge in [-0.1, -0.05) is 18.2 Å². The van der Waals surface area contributed by atoms with Gasteiger partial charge in [-0.15, -0.1) is 10.2 Å². The van der Waals surface area contributed by atoms with Gasteiger partial charge in [0.15, 0.2) is 0 Å². The first-order valence-electron chi connectivity index (χ1n) is 6.14. The summed E-state index contributed by atoms with van der Waals surface area (Å²) in [6.45, 7) is 0.824. The van der Waals surface area contributed by atoms with Crippen LogP contribution in [0, 0.1) is 0 Å². The number of hydrogen-bond donors (Lipinski definition) is 2. The molecular weight excluding hydrogens is 242 g/mol. The molecule has 0 aliphatic rings. The Hall–Kier alpha value is -2.37. The van der Waals surface area contributed by atoms with E-state index in [9.17, 15) is 4.79 Å². The van der Waals surface area contributed by atoms with Crippen LogP contribution in [0.3, 0.4) is 0 Å². The summed E-state index contributed by atoms with van der Waals surface area (Å²) in [7, 11) is 1.88. The van der Waals surface area contributed by atoms with E-state index in [1.807, 2.05) is 41.9 Å². The number of para-hydroxylation sites is 1. The lowest BCUT2D eigenvalue weighted by molar-refractivity contribution is -0.119. The van der Waals surface area contributed by atoms with Crippen LogP contribution in [-0.2, 0) is 18.3 Å². The van der Waals surface area contributed by atoms with E-state index in [2.05, 4.69) is 20.8 Å². The van der Waals surface area contributed by atoms with Crippen molar-refractivity contribution in [3.8, 4) is 0 Å². The highest BCUT2D eigenvalue weighted by Crippen LogP contribution is 2.03. The molecule has 1 aromatic carbocycles. The molecule has 2 rings (SSSR count). The van der Waals surface area contributed by atoms with Gasteiger partial charge in [-0.2, -0.15) is 0 Å². The highest BCUT2D eigenvalue weighted by atomic mass is 16.1. The third-order valence-corrected chi connectivity index (χ3v) is 2.70. The van der Waals surface area contributed by atoms with E-state index in [4.69, 9.17) is 0 Å². The van der Waals surface area contributed by atoms with Gasteiger partial charge in [-0.25, -0.2) is 0 Å². The maximum Gasteiger partial charge on any atom is 0.239 e. The Kier molecular flexibility index (Phi) is 4.49. The van der Waals surface area contributed by atoms with Crippen LogP contribution in [0.4, 0.5) is 5.69 Å². The molecule has 0 saturated heterocycles. The van der Waals surface area contributed by atoms with Crippen LogP contribution in [0.2, 0.25) is 0 Å². The number of benzene rings is 1. The number of amides is 1. The van der Waals surface area contributed by atoms with Crippen LogP contribution in [0.5, 0.6) is 0 Å². The number of aryl methyl sites for hydroxylation is 1. The number of carbonyl (C=O) groups excluding carboxylic acids is 1. The molecule has 0 radical (unpaired) electrons. The van der Waals surface area contributed by atoms with Crippen molar-refractivity contribution in [2.75, 3.05) is 18.4 Å². The second-order valence-corrected chi connectivity index (χ2v) is 4.18. The summed E-state index contributed by atoms with van der Waals surface area (Å²) in [5, 5.41) is 13.6. The zero-order valence-corrected chi connectivity index (χ0v) is 10.8. The topological polar surface area (TPSA) is 71.8 Å². The monoisotopic (exact) mass is 259 g/mol. The van der Waals surface area contributed by atoms with E-state index in [1.54, 1.807) is 6.33 Å². The fourth-order valence-corrected chi connectivity index (χ4v) is 1.65. The van der Waals surface area contributed by atoms with E-state index in [0.717, 1.165) is 11.5 Å². The second-order valence-electron chi connectivity index (χ2n) is 4.18. The molecule has 19 heavy (non-hydrogen) atoms. The maximum absolute atomic E-state index is 11.6. The molecule has 0 bridgehead atoms. The zero-order valence-electron chi connectivity index (χ0n) is 10.8. The molecule has 0 aliphatic heterocycles. The average molecular weight is 259 g/mol. The van der Waals surface area contributed by atoms with Crippen molar-refractivity contribution in [3.05, 3.63) is 42.5 Å². The normalized spacial score (nSPS) is 10.2. The first kappa shape index (κ1) is 13.1. The Bertz CT molecular complexity index is 523. The molecule has 0 saturated carbocycles.